The standard InChI is InChI=1S/C31H44N6O11/c1-17(38)25(40)27(42)23(48-31-29(44)28(43)26(41)18(2)47-31)15-34-46-16-24(39)32-13-14-33-30(45)19-5-7-20(8-6-19)35-36-21-9-11-22(12-10-21)37(3)4/h5-12,15,17-18,23,25-29,31,38,40-44H,13-14,16H2,1-4H3,(H,32,39)(H,33,45)/b34-15+,36-35?/t17-,18-,23+,25+,26+,27-,28+,29-,31-/m1/s1. The molecule has 3 rings (SSSR count). The molecular weight excluding hydrogens is 632 g/mol. The summed E-state index contributed by atoms with van der Waals surface area (Å²) in [5.41, 5.74) is 2.69. The number of hydrogen-bond donors (Lipinski definition) is 8. The van der Waals surface area contributed by atoms with Crippen molar-refractivity contribution in [3.63, 3.8) is 0 Å². The summed E-state index contributed by atoms with van der Waals surface area (Å²) in [6.07, 6.45) is -12.8. The van der Waals surface area contributed by atoms with Gasteiger partial charge in [-0.25, -0.2) is 0 Å². The van der Waals surface area contributed by atoms with E-state index in [4.69, 9.17) is 14.3 Å². The summed E-state index contributed by atoms with van der Waals surface area (Å²) in [6.45, 7) is 2.26. The fourth-order valence-electron chi connectivity index (χ4n) is 4.31. The van der Waals surface area contributed by atoms with Crippen molar-refractivity contribution in [2.45, 2.75) is 69.0 Å². The molecule has 0 aliphatic carbocycles. The Bertz CT molecular complexity index is 1360. The molecule has 1 fully saturated rings. The molecule has 0 radical (unpaired) electrons. The van der Waals surface area contributed by atoms with Gasteiger partial charge in [0.2, 0.25) is 0 Å². The van der Waals surface area contributed by atoms with E-state index in [1.807, 2.05) is 43.3 Å². The average Bonchev–Trinajstić information content (AvgIpc) is 3.07. The molecule has 48 heavy (non-hydrogen) atoms. The topological polar surface area (TPSA) is 248 Å². The van der Waals surface area contributed by atoms with Crippen molar-refractivity contribution in [1.29, 1.82) is 0 Å². The zero-order chi connectivity index (χ0) is 35.4. The molecule has 2 aromatic carbocycles. The van der Waals surface area contributed by atoms with Gasteiger partial charge in [-0.2, -0.15) is 10.2 Å². The number of oxime groups is 1. The number of azo groups is 1. The van der Waals surface area contributed by atoms with Gasteiger partial charge in [0.1, 0.15) is 36.6 Å². The fraction of sp³-hybridized carbons (Fsp3) is 0.516. The second-order valence-electron chi connectivity index (χ2n) is 11.3. The molecule has 0 saturated carbocycles. The summed E-state index contributed by atoms with van der Waals surface area (Å²) in [4.78, 5) is 31.5. The van der Waals surface area contributed by atoms with E-state index in [0.717, 1.165) is 11.9 Å². The van der Waals surface area contributed by atoms with Crippen LogP contribution >= 0.6 is 0 Å². The monoisotopic (exact) mass is 676 g/mol. The van der Waals surface area contributed by atoms with Gasteiger partial charge in [0.05, 0.1) is 29.8 Å². The Labute approximate surface area is 277 Å². The Kier molecular flexibility index (Phi) is 14.8. The number of ether oxygens (including phenoxy) is 2. The Hall–Kier alpha value is -4.07. The van der Waals surface area contributed by atoms with Gasteiger partial charge in [-0.1, -0.05) is 5.16 Å². The second-order valence-corrected chi connectivity index (χ2v) is 11.3. The first-order valence-electron chi connectivity index (χ1n) is 15.2. The fourth-order valence-corrected chi connectivity index (χ4v) is 4.31. The van der Waals surface area contributed by atoms with Gasteiger partial charge in [-0.05, 0) is 62.4 Å². The third kappa shape index (κ3) is 11.3. The lowest BCUT2D eigenvalue weighted by molar-refractivity contribution is -0.305. The van der Waals surface area contributed by atoms with Crippen molar-refractivity contribution in [2.75, 3.05) is 38.7 Å². The molecular formula is C31H44N6O11. The zero-order valence-corrected chi connectivity index (χ0v) is 27.0. The van der Waals surface area contributed by atoms with Crippen LogP contribution in [0.15, 0.2) is 63.9 Å². The summed E-state index contributed by atoms with van der Waals surface area (Å²) < 4.78 is 10.8. The second kappa shape index (κ2) is 18.5. The maximum atomic E-state index is 12.5. The van der Waals surface area contributed by atoms with Crippen LogP contribution < -0.4 is 15.5 Å². The maximum Gasteiger partial charge on any atom is 0.260 e. The maximum absolute atomic E-state index is 12.5. The third-order valence-electron chi connectivity index (χ3n) is 7.27. The van der Waals surface area contributed by atoms with Gasteiger partial charge < -0.3 is 60.5 Å². The Morgan fingerprint density at radius 3 is 2.06 bits per heavy atom. The molecule has 17 nitrogen and oxygen atoms in total. The van der Waals surface area contributed by atoms with Crippen LogP contribution in [0.1, 0.15) is 24.2 Å². The van der Waals surface area contributed by atoms with Gasteiger partial charge in [-0.15, -0.1) is 0 Å². The highest BCUT2D eigenvalue weighted by Gasteiger charge is 2.44. The minimum atomic E-state index is -1.79. The minimum Gasteiger partial charge on any atom is -0.391 e. The molecule has 1 heterocycles. The average molecular weight is 677 g/mol. The first-order chi connectivity index (χ1) is 22.8. The van der Waals surface area contributed by atoms with Crippen LogP contribution in [0.3, 0.4) is 0 Å². The highest BCUT2D eigenvalue weighted by Crippen LogP contribution is 2.24. The van der Waals surface area contributed by atoms with Gasteiger partial charge in [0, 0.05) is 38.4 Å². The van der Waals surface area contributed by atoms with E-state index < -0.39 is 67.6 Å². The largest absolute Gasteiger partial charge is 0.391 e. The van der Waals surface area contributed by atoms with Crippen molar-refractivity contribution < 1.29 is 54.5 Å². The highest BCUT2D eigenvalue weighted by molar-refractivity contribution is 5.94. The van der Waals surface area contributed by atoms with E-state index in [2.05, 4.69) is 26.0 Å². The van der Waals surface area contributed by atoms with Crippen LogP contribution in [0.2, 0.25) is 0 Å². The number of nitrogens with one attached hydrogen (secondary N) is 2. The number of aliphatic hydroxyl groups is 6. The Morgan fingerprint density at radius 2 is 1.48 bits per heavy atom. The molecule has 264 valence electrons. The number of hydrogen-bond acceptors (Lipinski definition) is 15. The first-order valence-corrected chi connectivity index (χ1v) is 15.2. The van der Waals surface area contributed by atoms with E-state index in [1.165, 1.54) is 13.8 Å². The van der Waals surface area contributed by atoms with Crippen LogP contribution in [0, 0.1) is 0 Å². The number of carbonyl (C=O) groups is 2. The number of benzene rings is 2. The summed E-state index contributed by atoms with van der Waals surface area (Å²) in [7, 11) is 3.89. The third-order valence-corrected chi connectivity index (χ3v) is 7.27. The molecule has 2 aromatic rings. The van der Waals surface area contributed by atoms with E-state index in [0.29, 0.717) is 16.9 Å². The van der Waals surface area contributed by atoms with Gasteiger partial charge in [0.15, 0.2) is 12.9 Å². The van der Waals surface area contributed by atoms with Crippen LogP contribution in [0.4, 0.5) is 17.1 Å². The lowest BCUT2D eigenvalue weighted by Gasteiger charge is -2.40. The SMILES string of the molecule is C[C@@H](O)[C@H](O)[C@H](O)[C@H](/C=N/OCC(=O)NCCNC(=O)c1ccc(N=Nc2ccc(N(C)C)cc2)cc1)O[C@H]1O[C@H](C)[C@H](O)[C@H](O)[C@H]1O. The lowest BCUT2D eigenvalue weighted by atomic mass is 9.99. The summed E-state index contributed by atoms with van der Waals surface area (Å²) in [6, 6.07) is 14.1. The molecule has 0 spiro atoms. The minimum absolute atomic E-state index is 0.0743. The van der Waals surface area contributed by atoms with E-state index in [1.54, 1.807) is 24.3 Å². The van der Waals surface area contributed by atoms with Crippen molar-refractivity contribution in [2.24, 2.45) is 15.4 Å². The van der Waals surface area contributed by atoms with Crippen molar-refractivity contribution in [3.8, 4) is 0 Å². The summed E-state index contributed by atoms with van der Waals surface area (Å²) >= 11 is 0. The molecule has 8 N–H and O–H groups in total. The molecule has 9 atom stereocenters. The van der Waals surface area contributed by atoms with Crippen LogP contribution in [-0.2, 0) is 19.1 Å². The molecule has 0 bridgehead atoms. The lowest BCUT2D eigenvalue weighted by Crippen LogP contribution is -2.59. The molecule has 1 saturated heterocycles. The molecule has 0 unspecified atom stereocenters. The number of nitrogens with zero attached hydrogens (tertiary/aromatic N) is 4. The predicted octanol–water partition coefficient (Wildman–Crippen LogP) is -0.668. The highest BCUT2D eigenvalue weighted by atomic mass is 16.7. The predicted molar refractivity (Wildman–Crippen MR) is 172 cm³/mol. The van der Waals surface area contributed by atoms with Crippen molar-refractivity contribution >= 4 is 35.1 Å². The van der Waals surface area contributed by atoms with E-state index >= 15 is 0 Å². The van der Waals surface area contributed by atoms with Gasteiger partial charge in [-0.3, -0.25) is 9.59 Å². The number of carbonyl (C=O) groups excluding carboxylic acids is 2. The zero-order valence-electron chi connectivity index (χ0n) is 27.0. The van der Waals surface area contributed by atoms with Crippen LogP contribution in [0.5, 0.6) is 0 Å². The molecule has 2 amide bonds. The number of rotatable bonds is 16. The summed E-state index contributed by atoms with van der Waals surface area (Å²) in [5, 5.41) is 77.5. The van der Waals surface area contributed by atoms with E-state index in [-0.39, 0.29) is 19.0 Å². The molecule has 1 aliphatic rings. The van der Waals surface area contributed by atoms with Gasteiger partial charge in [0.25, 0.3) is 11.8 Å². The molecule has 17 heteroatoms. The Morgan fingerprint density at radius 1 is 0.896 bits per heavy atom. The quantitative estimate of drug-likeness (QED) is 0.0478. The van der Waals surface area contributed by atoms with Crippen LogP contribution in [-0.4, -0.2) is 138 Å². The Balaban J connectivity index is 1.41. The van der Waals surface area contributed by atoms with E-state index in [9.17, 15) is 40.2 Å². The summed E-state index contributed by atoms with van der Waals surface area (Å²) in [5.74, 6) is -0.952. The normalized spacial score (nSPS) is 23.8. The molecule has 0 aromatic heterocycles. The van der Waals surface area contributed by atoms with Crippen molar-refractivity contribution in [1.82, 2.24) is 10.6 Å². The number of aliphatic hydroxyl groups excluding tert-OH is 6. The first kappa shape index (κ1) is 38.4. The number of amides is 2. The molecule has 1 aliphatic heterocycles. The van der Waals surface area contributed by atoms with Crippen LogP contribution in [0.25, 0.3) is 0 Å². The number of anilines is 1. The van der Waals surface area contributed by atoms with Gasteiger partial charge >= 0.3 is 0 Å². The van der Waals surface area contributed by atoms with Crippen molar-refractivity contribution in [3.05, 3.63) is 54.1 Å². The smallest absolute Gasteiger partial charge is 0.260 e.